The number of rotatable bonds is 7. The topological polar surface area (TPSA) is 83.3 Å². The summed E-state index contributed by atoms with van der Waals surface area (Å²) in [5.41, 5.74) is 1.56. The Morgan fingerprint density at radius 3 is 2.30 bits per heavy atom. The smallest absolute Gasteiger partial charge is 0.337 e. The SMILES string of the molecule is CCCOc1nc(-c2ccc(OC)cc2)n(S(=O)(=O)c2ccc(C)cc2)n1. The normalized spacial score (nSPS) is 11.4. The minimum absolute atomic E-state index is 0.0263. The molecule has 0 aliphatic rings. The van der Waals surface area contributed by atoms with E-state index in [4.69, 9.17) is 9.47 Å². The molecule has 0 atom stereocenters. The van der Waals surface area contributed by atoms with Crippen molar-refractivity contribution in [2.75, 3.05) is 13.7 Å². The fourth-order valence-electron chi connectivity index (χ4n) is 2.43. The van der Waals surface area contributed by atoms with E-state index in [9.17, 15) is 8.42 Å². The van der Waals surface area contributed by atoms with Crippen LogP contribution in [0, 0.1) is 6.92 Å². The molecule has 1 heterocycles. The van der Waals surface area contributed by atoms with E-state index < -0.39 is 10.0 Å². The Hall–Kier alpha value is -2.87. The zero-order chi connectivity index (χ0) is 19.4. The molecular formula is C19H21N3O4S. The van der Waals surface area contributed by atoms with Gasteiger partial charge in [-0.2, -0.15) is 13.4 Å². The highest BCUT2D eigenvalue weighted by Crippen LogP contribution is 2.26. The van der Waals surface area contributed by atoms with Gasteiger partial charge in [-0.3, -0.25) is 0 Å². The van der Waals surface area contributed by atoms with Gasteiger partial charge in [0.25, 0.3) is 10.0 Å². The lowest BCUT2D eigenvalue weighted by Crippen LogP contribution is -2.16. The summed E-state index contributed by atoms with van der Waals surface area (Å²) in [6, 6.07) is 13.5. The van der Waals surface area contributed by atoms with Gasteiger partial charge < -0.3 is 9.47 Å². The van der Waals surface area contributed by atoms with Gasteiger partial charge in [-0.25, -0.2) is 0 Å². The van der Waals surface area contributed by atoms with Crippen LogP contribution in [0.5, 0.6) is 11.8 Å². The standard InChI is InChI=1S/C19H21N3O4S/c1-4-13-26-19-20-18(15-7-9-16(25-3)10-8-15)22(21-19)27(23,24)17-11-5-14(2)6-12-17/h5-12H,4,13H2,1-3H3. The van der Waals surface area contributed by atoms with Crippen LogP contribution in [0.1, 0.15) is 18.9 Å². The molecule has 0 amide bonds. The number of benzene rings is 2. The largest absolute Gasteiger partial charge is 0.497 e. The van der Waals surface area contributed by atoms with Crippen molar-refractivity contribution in [1.82, 2.24) is 14.2 Å². The molecule has 2 aromatic carbocycles. The highest BCUT2D eigenvalue weighted by atomic mass is 32.2. The number of hydrogen-bond donors (Lipinski definition) is 0. The first-order valence-electron chi connectivity index (χ1n) is 8.52. The van der Waals surface area contributed by atoms with Crippen molar-refractivity contribution in [1.29, 1.82) is 0 Å². The van der Waals surface area contributed by atoms with Crippen LogP contribution in [0.3, 0.4) is 0 Å². The van der Waals surface area contributed by atoms with Crippen molar-refractivity contribution in [3.8, 4) is 23.1 Å². The Morgan fingerprint density at radius 2 is 1.70 bits per heavy atom. The van der Waals surface area contributed by atoms with Crippen molar-refractivity contribution in [3.05, 3.63) is 54.1 Å². The molecule has 27 heavy (non-hydrogen) atoms. The summed E-state index contributed by atoms with van der Waals surface area (Å²) in [6.07, 6.45) is 0.761. The minimum atomic E-state index is -3.92. The zero-order valence-corrected chi connectivity index (χ0v) is 16.2. The van der Waals surface area contributed by atoms with Gasteiger partial charge in [-0.15, -0.1) is 4.09 Å². The van der Waals surface area contributed by atoms with Gasteiger partial charge in [0, 0.05) is 5.56 Å². The molecule has 3 aromatic rings. The van der Waals surface area contributed by atoms with Crippen LogP contribution < -0.4 is 9.47 Å². The molecule has 0 bridgehead atoms. The van der Waals surface area contributed by atoms with E-state index in [0.717, 1.165) is 16.1 Å². The Balaban J connectivity index is 2.11. The first-order valence-corrected chi connectivity index (χ1v) is 9.96. The van der Waals surface area contributed by atoms with Gasteiger partial charge in [0.15, 0.2) is 5.82 Å². The molecule has 7 nitrogen and oxygen atoms in total. The highest BCUT2D eigenvalue weighted by molar-refractivity contribution is 7.90. The molecule has 8 heteroatoms. The molecule has 0 N–H and O–H groups in total. The molecule has 0 fully saturated rings. The fourth-order valence-corrected chi connectivity index (χ4v) is 3.66. The number of aromatic nitrogens is 3. The summed E-state index contributed by atoms with van der Waals surface area (Å²) in [6.45, 7) is 4.24. The van der Waals surface area contributed by atoms with Crippen molar-refractivity contribution in [2.45, 2.75) is 25.2 Å². The lowest BCUT2D eigenvalue weighted by atomic mass is 10.2. The van der Waals surface area contributed by atoms with E-state index in [1.165, 1.54) is 0 Å². The quantitative estimate of drug-likeness (QED) is 0.619. The van der Waals surface area contributed by atoms with Gasteiger partial charge >= 0.3 is 6.01 Å². The zero-order valence-electron chi connectivity index (χ0n) is 15.4. The maximum Gasteiger partial charge on any atom is 0.337 e. The van der Waals surface area contributed by atoms with Crippen molar-refractivity contribution < 1.29 is 17.9 Å². The number of aryl methyl sites for hydroxylation is 1. The summed E-state index contributed by atoms with van der Waals surface area (Å²) in [4.78, 5) is 4.43. The molecule has 0 aliphatic carbocycles. The minimum Gasteiger partial charge on any atom is -0.497 e. The van der Waals surface area contributed by atoms with Gasteiger partial charge in [-0.05, 0) is 49.7 Å². The van der Waals surface area contributed by atoms with E-state index in [1.54, 1.807) is 55.6 Å². The second-order valence-electron chi connectivity index (χ2n) is 5.96. The molecule has 0 saturated carbocycles. The van der Waals surface area contributed by atoms with Crippen LogP contribution in [0.25, 0.3) is 11.4 Å². The Bertz CT molecular complexity index is 1010. The third-order valence-electron chi connectivity index (χ3n) is 3.89. The lowest BCUT2D eigenvalue weighted by molar-refractivity contribution is 0.293. The molecule has 142 valence electrons. The van der Waals surface area contributed by atoms with E-state index >= 15 is 0 Å². The van der Waals surface area contributed by atoms with Gasteiger partial charge in [-0.1, -0.05) is 29.7 Å². The molecule has 0 saturated heterocycles. The number of methoxy groups -OCH3 is 1. The first-order chi connectivity index (χ1) is 13.0. The summed E-state index contributed by atoms with van der Waals surface area (Å²) >= 11 is 0. The van der Waals surface area contributed by atoms with Crippen molar-refractivity contribution >= 4 is 10.0 Å². The van der Waals surface area contributed by atoms with Gasteiger partial charge in [0.05, 0.1) is 18.6 Å². The average Bonchev–Trinajstić information content (AvgIpc) is 3.12. The monoisotopic (exact) mass is 387 g/mol. The molecule has 0 aliphatic heterocycles. The Kier molecular flexibility index (Phi) is 5.46. The van der Waals surface area contributed by atoms with Gasteiger partial charge in [0.2, 0.25) is 0 Å². The van der Waals surface area contributed by atoms with Crippen LogP contribution in [0.4, 0.5) is 0 Å². The summed E-state index contributed by atoms with van der Waals surface area (Å²) in [5.74, 6) is 0.845. The van der Waals surface area contributed by atoms with Gasteiger partial charge in [0.1, 0.15) is 5.75 Å². The van der Waals surface area contributed by atoms with Crippen LogP contribution >= 0.6 is 0 Å². The van der Waals surface area contributed by atoms with E-state index in [-0.39, 0.29) is 16.7 Å². The molecular weight excluding hydrogens is 366 g/mol. The predicted molar refractivity (Wildman–Crippen MR) is 102 cm³/mol. The van der Waals surface area contributed by atoms with E-state index in [1.807, 2.05) is 13.8 Å². The Labute approximate surface area is 158 Å². The third kappa shape index (κ3) is 3.95. The number of nitrogens with zero attached hydrogens (tertiary/aromatic N) is 3. The lowest BCUT2D eigenvalue weighted by Gasteiger charge is -2.08. The average molecular weight is 387 g/mol. The third-order valence-corrected chi connectivity index (χ3v) is 5.47. The van der Waals surface area contributed by atoms with Crippen molar-refractivity contribution in [3.63, 3.8) is 0 Å². The maximum absolute atomic E-state index is 13.1. The second-order valence-corrected chi connectivity index (χ2v) is 7.72. The summed E-state index contributed by atoms with van der Waals surface area (Å²) in [5, 5.41) is 4.10. The first kappa shape index (κ1) is 18.9. The number of hydrogen-bond acceptors (Lipinski definition) is 6. The van der Waals surface area contributed by atoms with E-state index in [2.05, 4.69) is 10.1 Å². The van der Waals surface area contributed by atoms with Crippen LogP contribution in [0.15, 0.2) is 53.4 Å². The van der Waals surface area contributed by atoms with Crippen LogP contribution in [-0.2, 0) is 10.0 Å². The molecule has 0 spiro atoms. The second kappa shape index (κ2) is 7.79. The van der Waals surface area contributed by atoms with Crippen molar-refractivity contribution in [2.24, 2.45) is 0 Å². The molecule has 1 aromatic heterocycles. The molecule has 3 rings (SSSR count). The summed E-state index contributed by atoms with van der Waals surface area (Å²) < 4.78 is 37.8. The fraction of sp³-hybridized carbons (Fsp3) is 0.263. The Morgan fingerprint density at radius 1 is 1.04 bits per heavy atom. The summed E-state index contributed by atoms with van der Waals surface area (Å²) in [7, 11) is -2.36. The number of ether oxygens (including phenoxy) is 2. The molecule has 0 radical (unpaired) electrons. The van der Waals surface area contributed by atoms with Crippen LogP contribution in [0.2, 0.25) is 0 Å². The maximum atomic E-state index is 13.1. The molecule has 0 unspecified atom stereocenters. The van der Waals surface area contributed by atoms with E-state index in [0.29, 0.717) is 17.9 Å². The highest BCUT2D eigenvalue weighted by Gasteiger charge is 2.25. The predicted octanol–water partition coefficient (Wildman–Crippen LogP) is 3.29. The van der Waals surface area contributed by atoms with Crippen LogP contribution in [-0.4, -0.2) is 36.3 Å².